The lowest BCUT2D eigenvalue weighted by molar-refractivity contribution is -0.140. The van der Waals surface area contributed by atoms with E-state index in [9.17, 15) is 34.5 Å². The third-order valence-electron chi connectivity index (χ3n) is 8.13. The maximum absolute atomic E-state index is 13.7. The summed E-state index contributed by atoms with van der Waals surface area (Å²) in [5.74, 6) is -2.24. The molecule has 45 heavy (non-hydrogen) atoms. The number of hydrogen-bond donors (Lipinski definition) is 4. The number of carboxylic acids is 2. The summed E-state index contributed by atoms with van der Waals surface area (Å²) in [6.45, 7) is 5.53. The van der Waals surface area contributed by atoms with Crippen LogP contribution in [0, 0.1) is 5.92 Å². The Morgan fingerprint density at radius 1 is 1.07 bits per heavy atom. The third-order valence-corrected chi connectivity index (χ3v) is 9.62. The normalized spacial score (nSPS) is 22.3. The number of aliphatic hydroxyl groups excluding tert-OH is 1. The van der Waals surface area contributed by atoms with Crippen LogP contribution in [-0.4, -0.2) is 93.1 Å². The Kier molecular flexibility index (Phi) is 10.8. The summed E-state index contributed by atoms with van der Waals surface area (Å²) in [6, 6.07) is 10.3. The molecule has 2 aromatic carbocycles. The van der Waals surface area contributed by atoms with Crippen LogP contribution in [0.4, 0.5) is 5.69 Å². The van der Waals surface area contributed by atoms with Gasteiger partial charge in [-0.25, -0.2) is 9.59 Å². The average Bonchev–Trinajstić information content (AvgIpc) is 3.51. The number of rotatable bonds is 12. The van der Waals surface area contributed by atoms with E-state index in [1.165, 1.54) is 35.7 Å². The summed E-state index contributed by atoms with van der Waals surface area (Å²) in [6.07, 6.45) is -0.165. The highest BCUT2D eigenvalue weighted by molar-refractivity contribution is 8.03. The van der Waals surface area contributed by atoms with Crippen molar-refractivity contribution in [3.8, 4) is 11.5 Å². The van der Waals surface area contributed by atoms with Gasteiger partial charge in [-0.05, 0) is 44.0 Å². The minimum absolute atomic E-state index is 0.0395. The van der Waals surface area contributed by atoms with E-state index in [1.54, 1.807) is 45.4 Å². The number of carbonyl (C=O) groups excluding carboxylic acids is 2. The van der Waals surface area contributed by atoms with Gasteiger partial charge in [-0.2, -0.15) is 0 Å². The molecule has 0 aromatic heterocycles. The number of likely N-dealkylation sites (tertiary alicyclic amines) is 1. The van der Waals surface area contributed by atoms with Gasteiger partial charge in [0.2, 0.25) is 11.8 Å². The number of anilines is 1. The molecule has 5 atom stereocenters. The number of carbonyl (C=O) groups is 4. The van der Waals surface area contributed by atoms with E-state index in [0.717, 1.165) is 5.56 Å². The average molecular weight is 642 g/mol. The summed E-state index contributed by atoms with van der Waals surface area (Å²) in [7, 11) is 3.10. The highest BCUT2D eigenvalue weighted by Gasteiger charge is 2.46. The summed E-state index contributed by atoms with van der Waals surface area (Å²) >= 11 is 1.35. The zero-order chi connectivity index (χ0) is 33.0. The van der Waals surface area contributed by atoms with Crippen LogP contribution < -0.4 is 14.8 Å². The van der Waals surface area contributed by atoms with Crippen molar-refractivity contribution in [1.29, 1.82) is 0 Å². The predicted molar refractivity (Wildman–Crippen MR) is 168 cm³/mol. The smallest absolute Gasteiger partial charge is 0.353 e. The van der Waals surface area contributed by atoms with Crippen molar-refractivity contribution in [2.24, 2.45) is 5.92 Å². The molecule has 2 aliphatic rings. The lowest BCUT2D eigenvalue weighted by Crippen LogP contribution is -2.40. The van der Waals surface area contributed by atoms with Crippen LogP contribution in [0.1, 0.15) is 49.5 Å². The molecule has 2 heterocycles. The largest absolute Gasteiger partial charge is 0.497 e. The Bertz CT molecular complexity index is 1490. The van der Waals surface area contributed by atoms with Crippen molar-refractivity contribution in [3.63, 3.8) is 0 Å². The van der Waals surface area contributed by atoms with Crippen LogP contribution >= 0.6 is 11.8 Å². The molecule has 0 radical (unpaired) electrons. The molecule has 0 spiro atoms. The predicted octanol–water partition coefficient (Wildman–Crippen LogP) is 3.65. The molecular weight excluding hydrogens is 602 g/mol. The van der Waals surface area contributed by atoms with Gasteiger partial charge in [0, 0.05) is 59.4 Å². The van der Waals surface area contributed by atoms with Crippen molar-refractivity contribution < 1.29 is 44.0 Å². The first-order valence-electron chi connectivity index (χ1n) is 14.6. The number of aliphatic carboxylic acids is 1. The number of benzene rings is 2. The first-order chi connectivity index (χ1) is 21.3. The second kappa shape index (κ2) is 14.4. The number of ether oxygens (including phenoxy) is 2. The van der Waals surface area contributed by atoms with E-state index >= 15 is 0 Å². The van der Waals surface area contributed by atoms with E-state index in [0.29, 0.717) is 41.6 Å². The van der Waals surface area contributed by atoms with Gasteiger partial charge in [0.15, 0.2) is 0 Å². The Morgan fingerprint density at radius 2 is 1.80 bits per heavy atom. The Hall–Kier alpha value is -4.07. The maximum atomic E-state index is 13.7. The maximum Gasteiger partial charge on any atom is 0.353 e. The zero-order valence-electron chi connectivity index (χ0n) is 25.9. The third kappa shape index (κ3) is 7.60. The molecule has 0 saturated carbocycles. The lowest BCUT2D eigenvalue weighted by Gasteiger charge is -2.28. The van der Waals surface area contributed by atoms with Crippen LogP contribution in [0.15, 0.2) is 53.1 Å². The summed E-state index contributed by atoms with van der Waals surface area (Å²) in [5.41, 5.74) is 1.11. The monoisotopic (exact) mass is 641 g/mol. The van der Waals surface area contributed by atoms with Crippen LogP contribution in [-0.2, 0) is 20.9 Å². The van der Waals surface area contributed by atoms with Crippen LogP contribution in [0.2, 0.25) is 0 Å². The first-order valence-corrected chi connectivity index (χ1v) is 15.4. The molecule has 12 nitrogen and oxygen atoms in total. The molecule has 4 N–H and O–H groups in total. The summed E-state index contributed by atoms with van der Waals surface area (Å²) < 4.78 is 10.9. The van der Waals surface area contributed by atoms with Crippen molar-refractivity contribution in [2.45, 2.75) is 63.6 Å². The number of methoxy groups -OCH3 is 2. The van der Waals surface area contributed by atoms with E-state index in [4.69, 9.17) is 9.47 Å². The molecule has 0 bridgehead atoms. The number of aromatic carboxylic acids is 1. The Balaban J connectivity index is 1.66. The number of carboxylic acid groups (broad SMARTS) is 2. The van der Waals surface area contributed by atoms with Gasteiger partial charge in [0.05, 0.1) is 31.9 Å². The zero-order valence-corrected chi connectivity index (χ0v) is 26.7. The molecule has 2 aromatic rings. The van der Waals surface area contributed by atoms with Gasteiger partial charge in [-0.3, -0.25) is 14.5 Å². The molecule has 2 aliphatic heterocycles. The van der Waals surface area contributed by atoms with Gasteiger partial charge in [-0.1, -0.05) is 19.1 Å². The SMILES string of the molecule is COc1ccc(CN2C[C@@H](SC3=C(C(=O)O)N(C(C)=O)[C@@H](C[C@@H](C)O)[C@H]3C)C[C@H]2C(=O)Nc2cccc(C(=O)O)c2)c(OC)c1. The standard InChI is InChI=1S/C32H39N3O9S/c1-17(36)11-25-18(2)29(28(32(41)42)35(25)19(3)37)45-24-14-26(30(38)33-22-8-6-7-20(12-22)31(39)40)34(16-24)15-21-9-10-23(43-4)13-27(21)44-5/h6-10,12-13,17-18,24-26,36H,11,14-16H2,1-5H3,(H,33,38)(H,39,40)(H,41,42)/t17-,18-,24+,25+,26+/m1/s1. The fourth-order valence-electron chi connectivity index (χ4n) is 6.05. The highest BCUT2D eigenvalue weighted by atomic mass is 32.2. The quantitative estimate of drug-likeness (QED) is 0.267. The van der Waals surface area contributed by atoms with Crippen molar-refractivity contribution in [3.05, 3.63) is 64.2 Å². The van der Waals surface area contributed by atoms with Crippen molar-refractivity contribution >= 4 is 41.2 Å². The van der Waals surface area contributed by atoms with Gasteiger partial charge in [0.1, 0.15) is 17.2 Å². The van der Waals surface area contributed by atoms with E-state index in [2.05, 4.69) is 5.32 Å². The molecule has 242 valence electrons. The molecule has 0 unspecified atom stereocenters. The van der Waals surface area contributed by atoms with Gasteiger partial charge >= 0.3 is 11.9 Å². The topological polar surface area (TPSA) is 166 Å². The molecule has 4 rings (SSSR count). The number of hydrogen-bond acceptors (Lipinski definition) is 9. The second-order valence-electron chi connectivity index (χ2n) is 11.3. The van der Waals surface area contributed by atoms with Gasteiger partial charge in [0.25, 0.3) is 0 Å². The van der Waals surface area contributed by atoms with Gasteiger partial charge in [-0.15, -0.1) is 11.8 Å². The second-order valence-corrected chi connectivity index (χ2v) is 12.7. The number of thioether (sulfide) groups is 1. The lowest BCUT2D eigenvalue weighted by atomic mass is 9.98. The van der Waals surface area contributed by atoms with E-state index in [-0.39, 0.29) is 34.8 Å². The van der Waals surface area contributed by atoms with Crippen LogP contribution in [0.5, 0.6) is 11.5 Å². The van der Waals surface area contributed by atoms with E-state index in [1.807, 2.05) is 17.9 Å². The minimum Gasteiger partial charge on any atom is -0.497 e. The van der Waals surface area contributed by atoms with E-state index < -0.39 is 36.0 Å². The number of aliphatic hydroxyl groups is 1. The molecule has 1 fully saturated rings. The van der Waals surface area contributed by atoms with Crippen molar-refractivity contribution in [1.82, 2.24) is 9.80 Å². The summed E-state index contributed by atoms with van der Waals surface area (Å²) in [4.78, 5) is 54.1. The fraction of sp³-hybridized carbons (Fsp3) is 0.438. The highest BCUT2D eigenvalue weighted by Crippen LogP contribution is 2.46. The fourth-order valence-corrected chi connectivity index (χ4v) is 7.62. The molecule has 2 amide bonds. The van der Waals surface area contributed by atoms with Crippen LogP contribution in [0.25, 0.3) is 0 Å². The molecule has 0 aliphatic carbocycles. The van der Waals surface area contributed by atoms with Gasteiger partial charge < -0.3 is 35.0 Å². The first kappa shape index (κ1) is 33.8. The Morgan fingerprint density at radius 3 is 2.40 bits per heavy atom. The number of nitrogens with one attached hydrogen (secondary N) is 1. The molecule has 13 heteroatoms. The molecular formula is C32H39N3O9S. The van der Waals surface area contributed by atoms with Crippen molar-refractivity contribution in [2.75, 3.05) is 26.1 Å². The number of amides is 2. The molecule has 1 saturated heterocycles. The van der Waals surface area contributed by atoms with Crippen LogP contribution in [0.3, 0.4) is 0 Å². The Labute approximate surface area is 266 Å². The summed E-state index contributed by atoms with van der Waals surface area (Å²) in [5, 5.41) is 32.3. The minimum atomic E-state index is -1.22. The number of nitrogens with zero attached hydrogens (tertiary/aromatic N) is 2.